The predicted molar refractivity (Wildman–Crippen MR) is 72.6 cm³/mol. The van der Waals surface area contributed by atoms with Crippen molar-refractivity contribution >= 4 is 5.65 Å². The Balaban J connectivity index is 2.67. The van der Waals surface area contributed by atoms with Crippen molar-refractivity contribution in [1.82, 2.24) is 9.38 Å². The molecule has 0 aliphatic heterocycles. The fraction of sp³-hybridized carbons (Fsp3) is 0.533. The fourth-order valence-electron chi connectivity index (χ4n) is 1.99. The van der Waals surface area contributed by atoms with Crippen molar-refractivity contribution in [2.45, 2.75) is 52.4 Å². The Bertz CT molecular complexity index is 536. The molecule has 0 unspecified atom stereocenters. The fourth-order valence-corrected chi connectivity index (χ4v) is 1.99. The highest BCUT2D eigenvalue weighted by Gasteiger charge is 2.20. The molecule has 0 amide bonds. The molecule has 92 valence electrons. The van der Waals surface area contributed by atoms with Gasteiger partial charge in [-0.15, -0.1) is 0 Å². The molecule has 0 bridgehead atoms. The monoisotopic (exact) mass is 230 g/mol. The van der Waals surface area contributed by atoms with Crippen molar-refractivity contribution in [3.63, 3.8) is 0 Å². The van der Waals surface area contributed by atoms with Crippen LogP contribution < -0.4 is 0 Å². The van der Waals surface area contributed by atoms with Gasteiger partial charge in [0.1, 0.15) is 5.65 Å². The Hall–Kier alpha value is -1.31. The molecule has 0 aliphatic carbocycles. The molecule has 2 aromatic heterocycles. The molecule has 0 saturated heterocycles. The third kappa shape index (κ3) is 2.21. The van der Waals surface area contributed by atoms with Crippen LogP contribution in [0.4, 0.5) is 0 Å². The zero-order valence-corrected chi connectivity index (χ0v) is 11.7. The Morgan fingerprint density at radius 3 is 2.12 bits per heavy atom. The second kappa shape index (κ2) is 3.59. The van der Waals surface area contributed by atoms with Gasteiger partial charge >= 0.3 is 0 Å². The summed E-state index contributed by atoms with van der Waals surface area (Å²) in [6, 6.07) is 4.27. The summed E-state index contributed by atoms with van der Waals surface area (Å²) < 4.78 is 2.22. The molecular weight excluding hydrogens is 208 g/mol. The molecule has 0 spiro atoms. The first-order chi connectivity index (χ1) is 7.69. The standard InChI is InChI=1S/C15H22N2/c1-14(2,3)11-9-16-13-8-7-12(15(4,5)6)17(13)10-11/h7-10H,1-6H3. The summed E-state index contributed by atoms with van der Waals surface area (Å²) >= 11 is 0. The Labute approximate surface area is 104 Å². The topological polar surface area (TPSA) is 17.3 Å². The molecule has 0 fully saturated rings. The van der Waals surface area contributed by atoms with Gasteiger partial charge in [0.05, 0.1) is 0 Å². The molecule has 0 aliphatic rings. The normalized spacial score (nSPS) is 13.3. The number of rotatable bonds is 0. The van der Waals surface area contributed by atoms with Crippen molar-refractivity contribution < 1.29 is 0 Å². The van der Waals surface area contributed by atoms with Gasteiger partial charge in [0.25, 0.3) is 0 Å². The summed E-state index contributed by atoms with van der Waals surface area (Å²) in [5.41, 5.74) is 3.89. The summed E-state index contributed by atoms with van der Waals surface area (Å²) in [6.07, 6.45) is 4.21. The van der Waals surface area contributed by atoms with Crippen LogP contribution in [-0.2, 0) is 10.8 Å². The van der Waals surface area contributed by atoms with E-state index in [9.17, 15) is 0 Å². The van der Waals surface area contributed by atoms with Gasteiger partial charge in [0.15, 0.2) is 0 Å². The lowest BCUT2D eigenvalue weighted by Gasteiger charge is -2.22. The van der Waals surface area contributed by atoms with Crippen molar-refractivity contribution in [3.8, 4) is 0 Å². The molecule has 0 atom stereocenters. The molecule has 17 heavy (non-hydrogen) atoms. The lowest BCUT2D eigenvalue weighted by Crippen LogP contribution is -2.17. The second-order valence-electron chi connectivity index (χ2n) is 6.79. The molecule has 2 rings (SSSR count). The first-order valence-electron chi connectivity index (χ1n) is 6.18. The third-order valence-electron chi connectivity index (χ3n) is 3.14. The van der Waals surface area contributed by atoms with Crippen LogP contribution in [0.25, 0.3) is 5.65 Å². The van der Waals surface area contributed by atoms with E-state index in [-0.39, 0.29) is 10.8 Å². The minimum Gasteiger partial charge on any atom is -0.305 e. The van der Waals surface area contributed by atoms with Gasteiger partial charge in [-0.1, -0.05) is 41.5 Å². The summed E-state index contributed by atoms with van der Waals surface area (Å²) in [5.74, 6) is 0. The number of aromatic nitrogens is 2. The van der Waals surface area contributed by atoms with Gasteiger partial charge in [-0.3, -0.25) is 0 Å². The molecule has 0 radical (unpaired) electrons. The molecule has 2 heterocycles. The van der Waals surface area contributed by atoms with E-state index in [1.165, 1.54) is 11.3 Å². The smallest absolute Gasteiger partial charge is 0.136 e. The average Bonchev–Trinajstić information content (AvgIpc) is 2.57. The van der Waals surface area contributed by atoms with Crippen LogP contribution in [0.2, 0.25) is 0 Å². The van der Waals surface area contributed by atoms with Crippen molar-refractivity contribution in [2.75, 3.05) is 0 Å². The van der Waals surface area contributed by atoms with Gasteiger partial charge in [0, 0.05) is 23.5 Å². The molecule has 2 heteroatoms. The van der Waals surface area contributed by atoms with E-state index in [4.69, 9.17) is 0 Å². The van der Waals surface area contributed by atoms with Crippen LogP contribution in [0.1, 0.15) is 52.8 Å². The zero-order valence-electron chi connectivity index (χ0n) is 11.7. The molecule has 2 aromatic rings. The van der Waals surface area contributed by atoms with Gasteiger partial charge in [-0.05, 0) is 23.1 Å². The molecule has 0 aromatic carbocycles. The predicted octanol–water partition coefficient (Wildman–Crippen LogP) is 3.93. The lowest BCUT2D eigenvalue weighted by atomic mass is 9.89. The highest BCUT2D eigenvalue weighted by molar-refractivity contribution is 5.44. The second-order valence-corrected chi connectivity index (χ2v) is 6.79. The van der Waals surface area contributed by atoms with E-state index in [0.717, 1.165) is 5.65 Å². The van der Waals surface area contributed by atoms with E-state index in [1.807, 2.05) is 6.20 Å². The van der Waals surface area contributed by atoms with Crippen LogP contribution in [0.3, 0.4) is 0 Å². The minimum absolute atomic E-state index is 0.139. The molecule has 0 saturated carbocycles. The van der Waals surface area contributed by atoms with Gasteiger partial charge in [-0.2, -0.15) is 0 Å². The van der Waals surface area contributed by atoms with Gasteiger partial charge in [0.2, 0.25) is 0 Å². The number of hydrogen-bond acceptors (Lipinski definition) is 1. The molecule has 0 N–H and O–H groups in total. The molecular formula is C15H22N2. The zero-order chi connectivity index (χ0) is 12.8. The highest BCUT2D eigenvalue weighted by atomic mass is 15.0. The Kier molecular flexibility index (Phi) is 2.57. The maximum atomic E-state index is 4.54. The molecule has 2 nitrogen and oxygen atoms in total. The van der Waals surface area contributed by atoms with Gasteiger partial charge in [-0.25, -0.2) is 4.98 Å². The van der Waals surface area contributed by atoms with Crippen LogP contribution in [0.15, 0.2) is 24.5 Å². The van der Waals surface area contributed by atoms with Crippen LogP contribution in [0.5, 0.6) is 0 Å². The first-order valence-corrected chi connectivity index (χ1v) is 6.18. The summed E-state index contributed by atoms with van der Waals surface area (Å²) in [4.78, 5) is 4.54. The summed E-state index contributed by atoms with van der Waals surface area (Å²) in [6.45, 7) is 13.4. The van der Waals surface area contributed by atoms with Gasteiger partial charge < -0.3 is 4.40 Å². The maximum absolute atomic E-state index is 4.54. The third-order valence-corrected chi connectivity index (χ3v) is 3.14. The van der Waals surface area contributed by atoms with Crippen molar-refractivity contribution in [1.29, 1.82) is 0 Å². The SMILES string of the molecule is CC(C)(C)c1cnc2ccc(C(C)(C)C)n2c1. The number of nitrogens with zero attached hydrogens (tertiary/aromatic N) is 2. The lowest BCUT2D eigenvalue weighted by molar-refractivity contribution is 0.554. The number of hydrogen-bond donors (Lipinski definition) is 0. The Morgan fingerprint density at radius 1 is 0.941 bits per heavy atom. The van der Waals surface area contributed by atoms with Crippen molar-refractivity contribution in [3.05, 3.63) is 35.8 Å². The quantitative estimate of drug-likeness (QED) is 0.670. The van der Waals surface area contributed by atoms with E-state index in [0.29, 0.717) is 0 Å². The number of fused-ring (bicyclic) bond motifs is 1. The minimum atomic E-state index is 0.139. The van der Waals surface area contributed by atoms with Crippen LogP contribution in [0, 0.1) is 0 Å². The maximum Gasteiger partial charge on any atom is 0.136 e. The largest absolute Gasteiger partial charge is 0.305 e. The van der Waals surface area contributed by atoms with E-state index in [2.05, 4.69) is 69.3 Å². The Morgan fingerprint density at radius 2 is 1.59 bits per heavy atom. The van der Waals surface area contributed by atoms with Crippen molar-refractivity contribution in [2.24, 2.45) is 0 Å². The van der Waals surface area contributed by atoms with E-state index >= 15 is 0 Å². The summed E-state index contributed by atoms with van der Waals surface area (Å²) in [5, 5.41) is 0. The van der Waals surface area contributed by atoms with Crippen LogP contribution in [-0.4, -0.2) is 9.38 Å². The summed E-state index contributed by atoms with van der Waals surface area (Å²) in [7, 11) is 0. The van der Waals surface area contributed by atoms with Crippen LogP contribution >= 0.6 is 0 Å². The van der Waals surface area contributed by atoms with E-state index in [1.54, 1.807) is 0 Å². The average molecular weight is 230 g/mol. The highest BCUT2D eigenvalue weighted by Crippen LogP contribution is 2.27. The van der Waals surface area contributed by atoms with E-state index < -0.39 is 0 Å². The first kappa shape index (κ1) is 12.2.